The lowest BCUT2D eigenvalue weighted by molar-refractivity contribution is -0.119. The van der Waals surface area contributed by atoms with Gasteiger partial charge in [0.1, 0.15) is 6.10 Å². The molecule has 17 heavy (non-hydrogen) atoms. The normalized spacial score (nSPS) is 14.1. The lowest BCUT2D eigenvalue weighted by atomic mass is 10.0. The molecule has 1 heterocycles. The molecule has 94 valence electrons. The van der Waals surface area contributed by atoms with Gasteiger partial charge in [0.15, 0.2) is 0 Å². The van der Waals surface area contributed by atoms with Gasteiger partial charge in [-0.3, -0.25) is 9.78 Å². The fourth-order valence-electron chi connectivity index (χ4n) is 1.43. The maximum absolute atomic E-state index is 10.6. The molecular weight excluding hydrogens is 222 g/mol. The second kappa shape index (κ2) is 6.17. The Labute approximate surface area is 99.5 Å². The van der Waals surface area contributed by atoms with Crippen LogP contribution in [0.15, 0.2) is 18.5 Å². The van der Waals surface area contributed by atoms with Crippen LogP contribution in [0.3, 0.4) is 0 Å². The number of pyridine rings is 1. The lowest BCUT2D eigenvalue weighted by Crippen LogP contribution is -2.28. The number of hydrogen-bond donors (Lipinski definition) is 4. The van der Waals surface area contributed by atoms with Crippen LogP contribution in [0.4, 0.5) is 5.69 Å². The van der Waals surface area contributed by atoms with Gasteiger partial charge < -0.3 is 21.3 Å². The van der Waals surface area contributed by atoms with Crippen molar-refractivity contribution in [2.75, 3.05) is 12.3 Å². The monoisotopic (exact) mass is 239 g/mol. The van der Waals surface area contributed by atoms with Gasteiger partial charge in [-0.2, -0.15) is 0 Å². The number of anilines is 1. The van der Waals surface area contributed by atoms with E-state index in [1.807, 2.05) is 0 Å². The predicted octanol–water partition coefficient (Wildman–Crippen LogP) is -0.416. The molecule has 0 aliphatic heterocycles. The van der Waals surface area contributed by atoms with Gasteiger partial charge in [-0.1, -0.05) is 0 Å². The van der Waals surface area contributed by atoms with Crippen molar-refractivity contribution in [2.24, 2.45) is 0 Å². The molecule has 0 aromatic carbocycles. The first-order chi connectivity index (χ1) is 8.02. The minimum atomic E-state index is -1.10. The van der Waals surface area contributed by atoms with Crippen molar-refractivity contribution in [3.63, 3.8) is 0 Å². The van der Waals surface area contributed by atoms with Crippen LogP contribution in [0.2, 0.25) is 0 Å². The number of aromatic nitrogens is 1. The van der Waals surface area contributed by atoms with E-state index in [9.17, 15) is 15.0 Å². The van der Waals surface area contributed by atoms with Crippen molar-refractivity contribution < 1.29 is 15.0 Å². The average Bonchev–Trinajstić information content (AvgIpc) is 2.28. The van der Waals surface area contributed by atoms with E-state index >= 15 is 0 Å². The molecule has 0 spiro atoms. The Morgan fingerprint density at radius 2 is 2.29 bits per heavy atom. The minimum Gasteiger partial charge on any atom is -0.398 e. The van der Waals surface area contributed by atoms with Gasteiger partial charge in [0.05, 0.1) is 6.10 Å². The van der Waals surface area contributed by atoms with Gasteiger partial charge in [0.2, 0.25) is 5.91 Å². The Balaban J connectivity index is 2.55. The Morgan fingerprint density at radius 3 is 2.88 bits per heavy atom. The van der Waals surface area contributed by atoms with Crippen LogP contribution in [0.1, 0.15) is 25.0 Å². The second-order valence-electron chi connectivity index (χ2n) is 3.79. The molecule has 0 aliphatic rings. The number of nitrogens with zero attached hydrogens (tertiary/aromatic N) is 1. The minimum absolute atomic E-state index is 0.174. The number of aliphatic hydroxyl groups is 2. The zero-order chi connectivity index (χ0) is 12.8. The summed E-state index contributed by atoms with van der Waals surface area (Å²) in [4.78, 5) is 14.5. The fourth-order valence-corrected chi connectivity index (χ4v) is 1.43. The maximum atomic E-state index is 10.6. The molecule has 0 aliphatic carbocycles. The van der Waals surface area contributed by atoms with Gasteiger partial charge in [-0.15, -0.1) is 0 Å². The van der Waals surface area contributed by atoms with E-state index in [1.54, 1.807) is 6.07 Å². The zero-order valence-corrected chi connectivity index (χ0v) is 9.63. The van der Waals surface area contributed by atoms with E-state index in [0.717, 1.165) is 0 Å². The van der Waals surface area contributed by atoms with Crippen molar-refractivity contribution in [2.45, 2.75) is 25.6 Å². The van der Waals surface area contributed by atoms with Crippen LogP contribution in [0.5, 0.6) is 0 Å². The SMILES string of the molecule is CC(=O)NCCC(O)C(O)c1cnccc1N. The topological polar surface area (TPSA) is 108 Å². The van der Waals surface area contributed by atoms with Crippen molar-refractivity contribution >= 4 is 11.6 Å². The number of hydrogen-bond acceptors (Lipinski definition) is 5. The second-order valence-corrected chi connectivity index (χ2v) is 3.79. The summed E-state index contributed by atoms with van der Waals surface area (Å²) >= 11 is 0. The summed E-state index contributed by atoms with van der Waals surface area (Å²) in [7, 11) is 0. The van der Waals surface area contributed by atoms with E-state index < -0.39 is 12.2 Å². The van der Waals surface area contributed by atoms with Gasteiger partial charge in [0, 0.05) is 37.1 Å². The summed E-state index contributed by atoms with van der Waals surface area (Å²) in [6.45, 7) is 1.69. The summed E-state index contributed by atoms with van der Waals surface area (Å²) in [5, 5.41) is 22.1. The zero-order valence-electron chi connectivity index (χ0n) is 9.63. The molecule has 0 saturated heterocycles. The standard InChI is InChI=1S/C11H17N3O3/c1-7(15)14-5-3-10(16)11(17)8-6-13-4-2-9(8)12/h2,4,6,10-11,16-17H,3,5H2,1H3,(H2,12,13)(H,14,15). The molecule has 0 bridgehead atoms. The van der Waals surface area contributed by atoms with E-state index in [0.29, 0.717) is 17.8 Å². The first-order valence-corrected chi connectivity index (χ1v) is 5.32. The number of amides is 1. The number of nitrogens with two attached hydrogens (primary N) is 1. The third-order valence-electron chi connectivity index (χ3n) is 2.38. The quantitative estimate of drug-likeness (QED) is 0.558. The summed E-state index contributed by atoms with van der Waals surface area (Å²) in [6.07, 6.45) is 1.08. The van der Waals surface area contributed by atoms with Crippen LogP contribution in [0, 0.1) is 0 Å². The Morgan fingerprint density at radius 1 is 1.59 bits per heavy atom. The third-order valence-corrected chi connectivity index (χ3v) is 2.38. The number of carbonyl (C=O) groups excluding carboxylic acids is 1. The highest BCUT2D eigenvalue weighted by Crippen LogP contribution is 2.22. The highest BCUT2D eigenvalue weighted by atomic mass is 16.3. The number of nitrogens with one attached hydrogen (secondary N) is 1. The van der Waals surface area contributed by atoms with Crippen LogP contribution in [-0.2, 0) is 4.79 Å². The number of nitrogen functional groups attached to an aromatic ring is 1. The molecule has 1 aromatic rings. The Hall–Kier alpha value is -1.66. The molecule has 0 saturated carbocycles. The van der Waals surface area contributed by atoms with Crippen LogP contribution in [-0.4, -0.2) is 33.8 Å². The van der Waals surface area contributed by atoms with Gasteiger partial charge in [-0.05, 0) is 12.5 Å². The summed E-state index contributed by atoms with van der Waals surface area (Å²) in [6, 6.07) is 1.55. The number of rotatable bonds is 5. The molecule has 0 radical (unpaired) electrons. The molecule has 6 heteroatoms. The largest absolute Gasteiger partial charge is 0.398 e. The van der Waals surface area contributed by atoms with Gasteiger partial charge in [-0.25, -0.2) is 0 Å². The molecule has 1 aromatic heterocycles. The Kier molecular flexibility index (Phi) is 4.86. The van der Waals surface area contributed by atoms with Crippen molar-refractivity contribution in [1.29, 1.82) is 0 Å². The molecule has 5 N–H and O–H groups in total. The highest BCUT2D eigenvalue weighted by molar-refractivity contribution is 5.72. The smallest absolute Gasteiger partial charge is 0.216 e. The molecule has 2 atom stereocenters. The van der Waals surface area contributed by atoms with Crippen LogP contribution >= 0.6 is 0 Å². The predicted molar refractivity (Wildman–Crippen MR) is 62.9 cm³/mol. The first kappa shape index (κ1) is 13.4. The van der Waals surface area contributed by atoms with E-state index in [1.165, 1.54) is 19.3 Å². The Bertz CT molecular complexity index is 384. The maximum Gasteiger partial charge on any atom is 0.216 e. The lowest BCUT2D eigenvalue weighted by Gasteiger charge is -2.19. The number of aliphatic hydroxyl groups excluding tert-OH is 2. The summed E-state index contributed by atoms with van der Waals surface area (Å²) in [5.74, 6) is -0.174. The van der Waals surface area contributed by atoms with Crippen molar-refractivity contribution in [1.82, 2.24) is 10.3 Å². The number of carbonyl (C=O) groups is 1. The molecular formula is C11H17N3O3. The van der Waals surface area contributed by atoms with Crippen LogP contribution in [0.25, 0.3) is 0 Å². The fraction of sp³-hybridized carbons (Fsp3) is 0.455. The summed E-state index contributed by atoms with van der Waals surface area (Å²) in [5.41, 5.74) is 6.43. The molecule has 1 rings (SSSR count). The molecule has 0 fully saturated rings. The van der Waals surface area contributed by atoms with Crippen molar-refractivity contribution in [3.8, 4) is 0 Å². The average molecular weight is 239 g/mol. The van der Waals surface area contributed by atoms with E-state index in [-0.39, 0.29) is 12.3 Å². The summed E-state index contributed by atoms with van der Waals surface area (Å²) < 4.78 is 0. The first-order valence-electron chi connectivity index (χ1n) is 5.32. The van der Waals surface area contributed by atoms with Crippen molar-refractivity contribution in [3.05, 3.63) is 24.0 Å². The molecule has 2 unspecified atom stereocenters. The van der Waals surface area contributed by atoms with E-state index in [2.05, 4.69) is 10.3 Å². The third kappa shape index (κ3) is 4.01. The van der Waals surface area contributed by atoms with Gasteiger partial charge in [0.25, 0.3) is 0 Å². The van der Waals surface area contributed by atoms with Crippen LogP contribution < -0.4 is 11.1 Å². The van der Waals surface area contributed by atoms with Gasteiger partial charge >= 0.3 is 0 Å². The molecule has 1 amide bonds. The van der Waals surface area contributed by atoms with E-state index in [4.69, 9.17) is 5.73 Å². The highest BCUT2D eigenvalue weighted by Gasteiger charge is 2.20. The molecule has 6 nitrogen and oxygen atoms in total.